The fourth-order valence-electron chi connectivity index (χ4n) is 1.29. The van der Waals surface area contributed by atoms with Crippen molar-refractivity contribution < 1.29 is 4.92 Å². The molecule has 0 saturated heterocycles. The van der Waals surface area contributed by atoms with Crippen LogP contribution in [0.3, 0.4) is 0 Å². The van der Waals surface area contributed by atoms with E-state index in [0.717, 1.165) is 18.5 Å². The lowest BCUT2D eigenvalue weighted by Crippen LogP contribution is -2.14. The van der Waals surface area contributed by atoms with E-state index in [0.29, 0.717) is 6.54 Å². The van der Waals surface area contributed by atoms with Gasteiger partial charge in [0.1, 0.15) is 0 Å². The fraction of sp³-hybridized carbons (Fsp3) is 0.333. The van der Waals surface area contributed by atoms with Crippen molar-refractivity contribution in [1.82, 2.24) is 5.32 Å². The van der Waals surface area contributed by atoms with Crippen LogP contribution in [0.4, 0.5) is 5.69 Å². The summed E-state index contributed by atoms with van der Waals surface area (Å²) in [6.45, 7) is 3.23. The van der Waals surface area contributed by atoms with Crippen LogP contribution in [0, 0.1) is 22.0 Å². The van der Waals surface area contributed by atoms with Crippen LogP contribution in [0.25, 0.3) is 0 Å². The van der Waals surface area contributed by atoms with Crippen molar-refractivity contribution in [2.24, 2.45) is 0 Å². The van der Waals surface area contributed by atoms with Gasteiger partial charge in [-0.1, -0.05) is 12.1 Å². The summed E-state index contributed by atoms with van der Waals surface area (Å²) < 4.78 is 0. The van der Waals surface area contributed by atoms with Gasteiger partial charge in [-0.05, 0) is 12.5 Å². The summed E-state index contributed by atoms with van der Waals surface area (Å²) in [6.07, 6.45) is 0.797. The molecule has 1 aromatic rings. The molecule has 0 aliphatic heterocycles. The predicted octanol–water partition coefficient (Wildman–Crippen LogP) is 2.10. The average molecular weight is 218 g/mol. The highest BCUT2D eigenvalue weighted by atomic mass is 16.6. The summed E-state index contributed by atoms with van der Waals surface area (Å²) in [5, 5.41) is 13.7. The van der Waals surface area contributed by atoms with Crippen molar-refractivity contribution in [2.75, 3.05) is 6.54 Å². The molecule has 0 aromatic heterocycles. The van der Waals surface area contributed by atoms with E-state index in [9.17, 15) is 10.1 Å². The van der Waals surface area contributed by atoms with E-state index < -0.39 is 0 Å². The number of nitro benzene ring substituents is 1. The van der Waals surface area contributed by atoms with Gasteiger partial charge >= 0.3 is 0 Å². The molecule has 0 heterocycles. The van der Waals surface area contributed by atoms with Crippen LogP contribution in [0.2, 0.25) is 0 Å². The third kappa shape index (κ3) is 4.11. The highest BCUT2D eigenvalue weighted by molar-refractivity contribution is 5.34. The Bertz CT molecular complexity index is 419. The van der Waals surface area contributed by atoms with Gasteiger partial charge in [-0.3, -0.25) is 10.1 Å². The Kier molecular flexibility index (Phi) is 5.03. The second-order valence-electron chi connectivity index (χ2n) is 3.28. The van der Waals surface area contributed by atoms with E-state index >= 15 is 0 Å². The molecule has 0 aliphatic rings. The minimum atomic E-state index is -0.383. The molecule has 0 aliphatic carbocycles. The summed E-state index contributed by atoms with van der Waals surface area (Å²) in [6, 6.07) is 6.64. The van der Waals surface area contributed by atoms with Crippen molar-refractivity contribution in [3.05, 3.63) is 39.9 Å². The molecule has 0 saturated carbocycles. The Balaban J connectivity index is 2.44. The van der Waals surface area contributed by atoms with Gasteiger partial charge in [0.05, 0.1) is 4.92 Å². The van der Waals surface area contributed by atoms with Gasteiger partial charge in [-0.25, -0.2) is 0 Å². The van der Waals surface area contributed by atoms with Crippen molar-refractivity contribution in [2.45, 2.75) is 19.9 Å². The molecule has 0 spiro atoms. The lowest BCUT2D eigenvalue weighted by Gasteiger charge is -2.02. The van der Waals surface area contributed by atoms with Crippen LogP contribution in [0.1, 0.15) is 18.9 Å². The SMILES string of the molecule is CC#CCCNCc1cccc([N+](=O)[O-])c1. The number of rotatable bonds is 5. The zero-order chi connectivity index (χ0) is 11.8. The molecule has 0 atom stereocenters. The van der Waals surface area contributed by atoms with E-state index in [2.05, 4.69) is 17.2 Å². The highest BCUT2D eigenvalue weighted by Crippen LogP contribution is 2.12. The summed E-state index contributed by atoms with van der Waals surface area (Å²) in [4.78, 5) is 10.2. The number of nitrogens with zero attached hydrogens (tertiary/aromatic N) is 1. The summed E-state index contributed by atoms with van der Waals surface area (Å²) in [5.41, 5.74) is 1.05. The largest absolute Gasteiger partial charge is 0.312 e. The van der Waals surface area contributed by atoms with Crippen LogP contribution in [0.15, 0.2) is 24.3 Å². The second kappa shape index (κ2) is 6.59. The zero-order valence-electron chi connectivity index (χ0n) is 9.19. The Hall–Kier alpha value is -1.86. The summed E-state index contributed by atoms with van der Waals surface area (Å²) in [7, 11) is 0. The van der Waals surface area contributed by atoms with E-state index in [4.69, 9.17) is 0 Å². The molecule has 4 nitrogen and oxygen atoms in total. The number of nitro groups is 1. The van der Waals surface area contributed by atoms with E-state index in [1.165, 1.54) is 6.07 Å². The molecule has 0 amide bonds. The van der Waals surface area contributed by atoms with Gasteiger partial charge in [0.2, 0.25) is 0 Å². The maximum atomic E-state index is 10.5. The van der Waals surface area contributed by atoms with Crippen LogP contribution >= 0.6 is 0 Å². The van der Waals surface area contributed by atoms with E-state index in [1.807, 2.05) is 6.07 Å². The minimum absolute atomic E-state index is 0.132. The number of nitrogens with one attached hydrogen (secondary N) is 1. The third-order valence-electron chi connectivity index (χ3n) is 2.05. The maximum Gasteiger partial charge on any atom is 0.269 e. The molecule has 1 N–H and O–H groups in total. The van der Waals surface area contributed by atoms with Gasteiger partial charge in [0, 0.05) is 31.6 Å². The van der Waals surface area contributed by atoms with Crippen LogP contribution in [0.5, 0.6) is 0 Å². The maximum absolute atomic E-state index is 10.5. The van der Waals surface area contributed by atoms with Gasteiger partial charge in [0.15, 0.2) is 0 Å². The number of hydrogen-bond acceptors (Lipinski definition) is 3. The van der Waals surface area contributed by atoms with Crippen molar-refractivity contribution in [1.29, 1.82) is 0 Å². The van der Waals surface area contributed by atoms with Gasteiger partial charge in [-0.15, -0.1) is 11.8 Å². The standard InChI is InChI=1S/C12H14N2O2/c1-2-3-4-8-13-10-11-6-5-7-12(9-11)14(15)16/h5-7,9,13H,4,8,10H2,1H3. The molecule has 0 bridgehead atoms. The smallest absolute Gasteiger partial charge is 0.269 e. The van der Waals surface area contributed by atoms with E-state index in [-0.39, 0.29) is 10.6 Å². The molecule has 0 radical (unpaired) electrons. The predicted molar refractivity (Wildman–Crippen MR) is 62.9 cm³/mol. The Labute approximate surface area is 94.8 Å². The fourth-order valence-corrected chi connectivity index (χ4v) is 1.29. The average Bonchev–Trinajstić information content (AvgIpc) is 2.29. The van der Waals surface area contributed by atoms with Crippen LogP contribution < -0.4 is 5.32 Å². The lowest BCUT2D eigenvalue weighted by molar-refractivity contribution is -0.384. The zero-order valence-corrected chi connectivity index (χ0v) is 9.19. The van der Waals surface area contributed by atoms with Gasteiger partial charge in [0.25, 0.3) is 5.69 Å². The molecule has 1 aromatic carbocycles. The van der Waals surface area contributed by atoms with Gasteiger partial charge in [-0.2, -0.15) is 0 Å². The van der Waals surface area contributed by atoms with Crippen molar-refractivity contribution in [3.8, 4) is 11.8 Å². The first kappa shape index (κ1) is 12.2. The molecule has 0 unspecified atom stereocenters. The quantitative estimate of drug-likeness (QED) is 0.356. The Morgan fingerprint density at radius 3 is 3.00 bits per heavy atom. The molecule has 0 fully saturated rings. The molecule has 84 valence electrons. The number of non-ortho nitro benzene ring substituents is 1. The topological polar surface area (TPSA) is 55.2 Å². The van der Waals surface area contributed by atoms with E-state index in [1.54, 1.807) is 19.1 Å². The molecular weight excluding hydrogens is 204 g/mol. The number of benzene rings is 1. The first-order chi connectivity index (χ1) is 7.74. The number of hydrogen-bond donors (Lipinski definition) is 1. The van der Waals surface area contributed by atoms with Crippen molar-refractivity contribution >= 4 is 5.69 Å². The first-order valence-corrected chi connectivity index (χ1v) is 5.07. The van der Waals surface area contributed by atoms with Crippen LogP contribution in [-0.4, -0.2) is 11.5 Å². The van der Waals surface area contributed by atoms with Gasteiger partial charge < -0.3 is 5.32 Å². The minimum Gasteiger partial charge on any atom is -0.312 e. The highest BCUT2D eigenvalue weighted by Gasteiger charge is 2.04. The monoisotopic (exact) mass is 218 g/mol. The molecular formula is C12H14N2O2. The first-order valence-electron chi connectivity index (χ1n) is 5.07. The Morgan fingerprint density at radius 2 is 2.31 bits per heavy atom. The lowest BCUT2D eigenvalue weighted by atomic mass is 10.2. The normalized spacial score (nSPS) is 9.31. The summed E-state index contributed by atoms with van der Waals surface area (Å²) >= 11 is 0. The molecule has 1 rings (SSSR count). The molecule has 16 heavy (non-hydrogen) atoms. The Morgan fingerprint density at radius 1 is 1.50 bits per heavy atom. The molecule has 4 heteroatoms. The van der Waals surface area contributed by atoms with Crippen LogP contribution in [-0.2, 0) is 6.54 Å². The third-order valence-corrected chi connectivity index (χ3v) is 2.05. The van der Waals surface area contributed by atoms with Crippen molar-refractivity contribution in [3.63, 3.8) is 0 Å². The summed E-state index contributed by atoms with van der Waals surface area (Å²) in [5.74, 6) is 5.75. The second-order valence-corrected chi connectivity index (χ2v) is 3.28.